The first-order valence-electron chi connectivity index (χ1n) is 10.4. The van der Waals surface area contributed by atoms with Crippen LogP contribution in [0.3, 0.4) is 0 Å². The first kappa shape index (κ1) is 22.6. The van der Waals surface area contributed by atoms with E-state index < -0.39 is 29.3 Å². The number of nitrogens with zero attached hydrogens (tertiary/aromatic N) is 1. The van der Waals surface area contributed by atoms with Crippen LogP contribution in [0.5, 0.6) is 11.5 Å². The first-order chi connectivity index (χ1) is 15.1. The lowest BCUT2D eigenvalue weighted by atomic mass is 9.85. The molecule has 8 heteroatoms. The summed E-state index contributed by atoms with van der Waals surface area (Å²) >= 11 is 6.36. The van der Waals surface area contributed by atoms with E-state index in [4.69, 9.17) is 16.0 Å². The summed E-state index contributed by atoms with van der Waals surface area (Å²) in [4.78, 5) is 15.5. The third-order valence-corrected chi connectivity index (χ3v) is 6.85. The van der Waals surface area contributed by atoms with E-state index in [-0.39, 0.29) is 33.6 Å². The van der Waals surface area contributed by atoms with E-state index in [9.17, 15) is 25.2 Å². The number of aliphatic hydroxyl groups excluding tert-OH is 2. The second-order valence-electron chi connectivity index (χ2n) is 8.54. The Bertz CT molecular complexity index is 1250. The monoisotopic (exact) mass is 459 g/mol. The van der Waals surface area contributed by atoms with E-state index in [1.54, 1.807) is 32.0 Å². The van der Waals surface area contributed by atoms with Crippen LogP contribution < -0.4 is 5.43 Å². The molecule has 3 unspecified atom stereocenters. The van der Waals surface area contributed by atoms with Crippen molar-refractivity contribution in [3.05, 3.63) is 67.5 Å². The highest BCUT2D eigenvalue weighted by Crippen LogP contribution is 2.43. The van der Waals surface area contributed by atoms with Gasteiger partial charge in [-0.1, -0.05) is 29.8 Å². The Kier molecular flexibility index (Phi) is 5.94. The van der Waals surface area contributed by atoms with Crippen molar-refractivity contribution >= 4 is 22.6 Å². The normalized spacial score (nSPS) is 20.6. The van der Waals surface area contributed by atoms with E-state index in [0.29, 0.717) is 30.1 Å². The highest BCUT2D eigenvalue weighted by Gasteiger charge is 2.34. The highest BCUT2D eigenvalue weighted by molar-refractivity contribution is 6.32. The van der Waals surface area contributed by atoms with Crippen LogP contribution in [0.25, 0.3) is 11.0 Å². The molecule has 0 spiro atoms. The summed E-state index contributed by atoms with van der Waals surface area (Å²) in [7, 11) is 1.89. The number of rotatable bonds is 3. The molecule has 1 aliphatic rings. The fourth-order valence-electron chi connectivity index (χ4n) is 4.61. The van der Waals surface area contributed by atoms with Gasteiger partial charge in [0.25, 0.3) is 0 Å². The maximum absolute atomic E-state index is 13.5. The zero-order chi connectivity index (χ0) is 23.3. The molecule has 2 heterocycles. The maximum atomic E-state index is 13.5. The topological polar surface area (TPSA) is 114 Å². The Hall–Kier alpha value is -2.58. The van der Waals surface area contributed by atoms with Crippen LogP contribution in [0.4, 0.5) is 0 Å². The van der Waals surface area contributed by atoms with Crippen molar-refractivity contribution in [2.45, 2.75) is 38.4 Å². The molecule has 0 radical (unpaired) electrons. The second-order valence-corrected chi connectivity index (χ2v) is 8.92. The molecule has 1 aromatic heterocycles. The standard InChI is InChI=1S/C24H26ClNO6/c1-11-5-4-6-14(21(11)25)22(30)18-12(2)32-24-19(13-7-8-26(3)10-17(13)29)15(27)9-16(28)20(24)23(18)31/h4-6,9,13,17,22,27-30H,7-8,10H2,1-3H3. The Morgan fingerprint density at radius 1 is 1.22 bits per heavy atom. The maximum Gasteiger partial charge on any atom is 0.202 e. The molecule has 0 amide bonds. The smallest absolute Gasteiger partial charge is 0.202 e. The fraction of sp³-hybridized carbons (Fsp3) is 0.375. The third kappa shape index (κ3) is 3.65. The van der Waals surface area contributed by atoms with Crippen LogP contribution in [-0.2, 0) is 0 Å². The van der Waals surface area contributed by atoms with Gasteiger partial charge in [-0.3, -0.25) is 4.79 Å². The molecule has 7 nitrogen and oxygen atoms in total. The van der Waals surface area contributed by atoms with Gasteiger partial charge in [-0.15, -0.1) is 0 Å². The minimum Gasteiger partial charge on any atom is -0.507 e. The third-order valence-electron chi connectivity index (χ3n) is 6.33. The van der Waals surface area contributed by atoms with E-state index in [1.165, 1.54) is 0 Å². The number of likely N-dealkylation sites (tertiary alicyclic amines) is 1. The van der Waals surface area contributed by atoms with Crippen LogP contribution in [0.2, 0.25) is 5.02 Å². The number of aromatic hydroxyl groups is 2. The number of benzene rings is 2. The number of phenolic OH excluding ortho intramolecular Hbond substituents is 2. The second kappa shape index (κ2) is 8.41. The molecular formula is C24H26ClNO6. The van der Waals surface area contributed by atoms with Gasteiger partial charge >= 0.3 is 0 Å². The number of phenols is 2. The minimum absolute atomic E-state index is 0.0184. The van der Waals surface area contributed by atoms with Crippen LogP contribution in [0.15, 0.2) is 33.5 Å². The summed E-state index contributed by atoms with van der Waals surface area (Å²) < 4.78 is 5.96. The summed E-state index contributed by atoms with van der Waals surface area (Å²) in [6.45, 7) is 4.43. The van der Waals surface area contributed by atoms with Gasteiger partial charge in [-0.25, -0.2) is 0 Å². The van der Waals surface area contributed by atoms with E-state index >= 15 is 0 Å². The molecular weight excluding hydrogens is 434 g/mol. The molecule has 0 aliphatic carbocycles. The number of likely N-dealkylation sites (N-methyl/N-ethyl adjacent to an activating group) is 1. The Balaban J connectivity index is 1.95. The van der Waals surface area contributed by atoms with Gasteiger partial charge in [0, 0.05) is 34.7 Å². The first-order valence-corrected chi connectivity index (χ1v) is 10.8. The van der Waals surface area contributed by atoms with Crippen LogP contribution >= 0.6 is 11.6 Å². The summed E-state index contributed by atoms with van der Waals surface area (Å²) in [5.41, 5.74) is 0.747. The molecule has 170 valence electrons. The van der Waals surface area contributed by atoms with Crippen molar-refractivity contribution in [1.82, 2.24) is 4.90 Å². The van der Waals surface area contributed by atoms with Gasteiger partial charge < -0.3 is 29.7 Å². The average molecular weight is 460 g/mol. The average Bonchev–Trinajstić information content (AvgIpc) is 2.70. The number of fused-ring (bicyclic) bond motifs is 1. The largest absolute Gasteiger partial charge is 0.507 e. The van der Waals surface area contributed by atoms with Crippen LogP contribution in [0, 0.1) is 13.8 Å². The van der Waals surface area contributed by atoms with Gasteiger partial charge in [0.15, 0.2) is 0 Å². The van der Waals surface area contributed by atoms with Crippen molar-refractivity contribution in [1.29, 1.82) is 0 Å². The molecule has 0 saturated carbocycles. The van der Waals surface area contributed by atoms with Crippen LogP contribution in [0.1, 0.15) is 46.5 Å². The predicted octanol–water partition coefficient (Wildman–Crippen LogP) is 3.34. The quantitative estimate of drug-likeness (QED) is 0.475. The summed E-state index contributed by atoms with van der Waals surface area (Å²) in [5.74, 6) is -1.04. The zero-order valence-electron chi connectivity index (χ0n) is 18.1. The summed E-state index contributed by atoms with van der Waals surface area (Å²) in [5, 5.41) is 43.0. The lowest BCUT2D eigenvalue weighted by Crippen LogP contribution is -2.40. The summed E-state index contributed by atoms with van der Waals surface area (Å²) in [6, 6.07) is 6.24. The lowest BCUT2D eigenvalue weighted by Gasteiger charge is -2.34. The van der Waals surface area contributed by atoms with Crippen molar-refractivity contribution in [2.24, 2.45) is 0 Å². The molecule has 3 atom stereocenters. The van der Waals surface area contributed by atoms with Crippen molar-refractivity contribution in [2.75, 3.05) is 20.1 Å². The molecule has 32 heavy (non-hydrogen) atoms. The van der Waals surface area contributed by atoms with Gasteiger partial charge in [-0.2, -0.15) is 0 Å². The summed E-state index contributed by atoms with van der Waals surface area (Å²) in [6.07, 6.45) is -1.61. The van der Waals surface area contributed by atoms with Gasteiger partial charge in [0.2, 0.25) is 5.43 Å². The number of hydrogen-bond acceptors (Lipinski definition) is 7. The number of piperidine rings is 1. The number of aliphatic hydroxyl groups is 2. The van der Waals surface area contributed by atoms with E-state index in [1.807, 2.05) is 11.9 Å². The Morgan fingerprint density at radius 2 is 1.94 bits per heavy atom. The number of aryl methyl sites for hydroxylation is 2. The molecule has 1 saturated heterocycles. The van der Waals surface area contributed by atoms with Gasteiger partial charge in [-0.05, 0) is 39.4 Å². The van der Waals surface area contributed by atoms with Crippen molar-refractivity contribution in [3.8, 4) is 11.5 Å². The Labute approximate surface area is 190 Å². The van der Waals surface area contributed by atoms with Crippen LogP contribution in [-0.4, -0.2) is 51.6 Å². The van der Waals surface area contributed by atoms with Gasteiger partial charge in [0.05, 0.1) is 11.7 Å². The molecule has 4 N–H and O–H groups in total. The van der Waals surface area contributed by atoms with Gasteiger partial charge in [0.1, 0.15) is 34.3 Å². The molecule has 1 fully saturated rings. The SMILES string of the molecule is Cc1cccc(C(O)c2c(C)oc3c(C4CCN(C)CC4O)c(O)cc(O)c3c2=O)c1Cl. The molecule has 4 rings (SSSR count). The fourth-order valence-corrected chi connectivity index (χ4v) is 4.84. The van der Waals surface area contributed by atoms with Crippen molar-refractivity contribution in [3.63, 3.8) is 0 Å². The molecule has 3 aromatic rings. The number of β-amino-alcohol motifs (C(OH)–C–C–N with tert-alkyl or cyclic N) is 1. The van der Waals surface area contributed by atoms with Crippen molar-refractivity contribution < 1.29 is 24.8 Å². The van der Waals surface area contributed by atoms with E-state index in [2.05, 4.69) is 0 Å². The zero-order valence-corrected chi connectivity index (χ0v) is 18.8. The number of halogens is 1. The predicted molar refractivity (Wildman–Crippen MR) is 122 cm³/mol. The molecule has 0 bridgehead atoms. The molecule has 1 aliphatic heterocycles. The Morgan fingerprint density at radius 3 is 2.62 bits per heavy atom. The minimum atomic E-state index is -1.37. The lowest BCUT2D eigenvalue weighted by molar-refractivity contribution is 0.0630. The van der Waals surface area contributed by atoms with E-state index in [0.717, 1.165) is 11.6 Å². The molecule has 2 aromatic carbocycles. The highest BCUT2D eigenvalue weighted by atomic mass is 35.5. The number of hydrogen-bond donors (Lipinski definition) is 4.